The average molecular weight is 528 g/mol. The summed E-state index contributed by atoms with van der Waals surface area (Å²) in [5, 5.41) is 16.8. The molecule has 0 spiro atoms. The maximum atomic E-state index is 14.3. The molecule has 7 rings (SSSR count). The maximum Gasteiger partial charge on any atom is 0.228 e. The summed E-state index contributed by atoms with van der Waals surface area (Å²) < 4.78 is 34.3. The van der Waals surface area contributed by atoms with Crippen molar-refractivity contribution in [1.29, 1.82) is 0 Å². The summed E-state index contributed by atoms with van der Waals surface area (Å²) in [7, 11) is 1.93. The van der Waals surface area contributed by atoms with Gasteiger partial charge in [-0.3, -0.25) is 4.68 Å². The smallest absolute Gasteiger partial charge is 0.228 e. The van der Waals surface area contributed by atoms with E-state index in [1.807, 2.05) is 40.1 Å². The van der Waals surface area contributed by atoms with Gasteiger partial charge in [0.05, 0.1) is 23.1 Å². The number of benzene rings is 1. The molecule has 5 heterocycles. The van der Waals surface area contributed by atoms with Gasteiger partial charge < -0.3 is 14.5 Å². The topological polar surface area (TPSA) is 91.3 Å². The molecule has 39 heavy (non-hydrogen) atoms. The summed E-state index contributed by atoms with van der Waals surface area (Å²) in [6.07, 6.45) is 7.11. The van der Waals surface area contributed by atoms with Crippen LogP contribution >= 0.6 is 0 Å². The normalized spacial score (nSPS) is 15.7. The quantitative estimate of drug-likeness (QED) is 0.343. The Morgan fingerprint density at radius 3 is 2.87 bits per heavy atom. The number of alkyl halides is 1. The fraction of sp³-hybridized carbons (Fsp3) is 0.321. The van der Waals surface area contributed by atoms with E-state index >= 15 is 0 Å². The zero-order valence-electron chi connectivity index (χ0n) is 21.7. The molecule has 0 saturated heterocycles. The Kier molecular flexibility index (Phi) is 5.53. The van der Waals surface area contributed by atoms with E-state index in [0.29, 0.717) is 29.7 Å². The largest absolute Gasteiger partial charge is 0.342 e. The molecule has 9 nitrogen and oxygen atoms in total. The Bertz CT molecular complexity index is 1710. The van der Waals surface area contributed by atoms with Crippen LogP contribution in [0.3, 0.4) is 0 Å². The highest BCUT2D eigenvalue weighted by Gasteiger charge is 2.30. The molecule has 0 amide bonds. The first-order chi connectivity index (χ1) is 19.0. The first-order valence-corrected chi connectivity index (χ1v) is 13.1. The molecule has 198 valence electrons. The number of hydrogen-bond donors (Lipinski definition) is 1. The Hall–Kier alpha value is -4.41. The van der Waals surface area contributed by atoms with Crippen molar-refractivity contribution in [2.45, 2.75) is 45.2 Å². The van der Waals surface area contributed by atoms with Crippen LogP contribution in [0.15, 0.2) is 42.7 Å². The second kappa shape index (κ2) is 9.11. The van der Waals surface area contributed by atoms with Gasteiger partial charge in [-0.25, -0.2) is 18.7 Å². The average Bonchev–Trinajstić information content (AvgIpc) is 3.71. The fourth-order valence-electron chi connectivity index (χ4n) is 5.80. The Balaban J connectivity index is 1.24. The molecule has 0 saturated carbocycles. The number of nitrogens with zero attached hydrogens (tertiary/aromatic N) is 8. The van der Waals surface area contributed by atoms with Crippen LogP contribution in [0.2, 0.25) is 0 Å². The van der Waals surface area contributed by atoms with Crippen LogP contribution in [0, 0.1) is 12.7 Å². The Labute approximate surface area is 223 Å². The van der Waals surface area contributed by atoms with Crippen molar-refractivity contribution < 1.29 is 8.78 Å². The molecule has 2 aliphatic rings. The first-order valence-electron chi connectivity index (χ1n) is 13.1. The van der Waals surface area contributed by atoms with Crippen LogP contribution < -0.4 is 5.32 Å². The molecule has 1 aliphatic carbocycles. The number of rotatable bonds is 6. The Morgan fingerprint density at radius 2 is 2.03 bits per heavy atom. The van der Waals surface area contributed by atoms with Gasteiger partial charge in [-0.05, 0) is 49.4 Å². The fourth-order valence-corrected chi connectivity index (χ4v) is 5.80. The molecule has 0 fully saturated rings. The van der Waals surface area contributed by atoms with E-state index in [1.54, 1.807) is 24.4 Å². The third kappa shape index (κ3) is 3.91. The molecule has 11 heteroatoms. The molecule has 0 radical (unpaired) electrons. The van der Waals surface area contributed by atoms with Crippen molar-refractivity contribution in [3.8, 4) is 22.8 Å². The van der Waals surface area contributed by atoms with E-state index < -0.39 is 12.7 Å². The molecule has 4 aromatic heterocycles. The Morgan fingerprint density at radius 1 is 1.15 bits per heavy atom. The summed E-state index contributed by atoms with van der Waals surface area (Å²) in [5.74, 6) is 2.22. The lowest BCUT2D eigenvalue weighted by Crippen LogP contribution is -2.25. The van der Waals surface area contributed by atoms with Crippen LogP contribution in [0.1, 0.15) is 40.7 Å². The van der Waals surface area contributed by atoms with E-state index in [9.17, 15) is 8.78 Å². The van der Waals surface area contributed by atoms with Gasteiger partial charge in [0.15, 0.2) is 5.82 Å². The van der Waals surface area contributed by atoms with Crippen LogP contribution in [-0.4, -0.2) is 45.8 Å². The third-order valence-corrected chi connectivity index (χ3v) is 7.69. The van der Waals surface area contributed by atoms with Crippen molar-refractivity contribution in [2.24, 2.45) is 7.05 Å². The molecule has 1 aliphatic heterocycles. The molecule has 1 atom stereocenters. The second-order valence-corrected chi connectivity index (χ2v) is 10.3. The van der Waals surface area contributed by atoms with Crippen molar-refractivity contribution in [3.05, 3.63) is 76.8 Å². The summed E-state index contributed by atoms with van der Waals surface area (Å²) in [4.78, 5) is 9.38. The molecular weight excluding hydrogens is 500 g/mol. The summed E-state index contributed by atoms with van der Waals surface area (Å²) in [6, 6.07) is 8.08. The van der Waals surface area contributed by atoms with E-state index in [1.165, 1.54) is 11.6 Å². The van der Waals surface area contributed by atoms with E-state index in [0.717, 1.165) is 53.3 Å². The number of fused-ring (bicyclic) bond motifs is 4. The van der Waals surface area contributed by atoms with Gasteiger partial charge in [-0.2, -0.15) is 5.10 Å². The summed E-state index contributed by atoms with van der Waals surface area (Å²) in [5.41, 5.74) is 6.26. The van der Waals surface area contributed by atoms with E-state index in [-0.39, 0.29) is 12.2 Å². The zero-order valence-corrected chi connectivity index (χ0v) is 21.7. The van der Waals surface area contributed by atoms with Gasteiger partial charge >= 0.3 is 0 Å². The summed E-state index contributed by atoms with van der Waals surface area (Å²) in [6.45, 7) is 1.80. The van der Waals surface area contributed by atoms with Crippen LogP contribution in [0.4, 0.5) is 20.5 Å². The minimum Gasteiger partial charge on any atom is -0.342 e. The lowest BCUT2D eigenvalue weighted by Gasteiger charge is -2.26. The molecule has 1 aromatic carbocycles. The van der Waals surface area contributed by atoms with Crippen molar-refractivity contribution >= 4 is 11.8 Å². The molecule has 1 N–H and O–H groups in total. The first kappa shape index (κ1) is 23.7. The van der Waals surface area contributed by atoms with Gasteiger partial charge in [-0.1, -0.05) is 18.2 Å². The van der Waals surface area contributed by atoms with E-state index in [2.05, 4.69) is 25.6 Å². The predicted molar refractivity (Wildman–Crippen MR) is 142 cm³/mol. The lowest BCUT2D eigenvalue weighted by molar-refractivity contribution is 0.310. The van der Waals surface area contributed by atoms with Crippen molar-refractivity contribution in [3.63, 3.8) is 0 Å². The van der Waals surface area contributed by atoms with Gasteiger partial charge in [0.2, 0.25) is 5.95 Å². The van der Waals surface area contributed by atoms with Crippen LogP contribution in [-0.2, 0) is 32.9 Å². The minimum absolute atomic E-state index is 0.238. The zero-order chi connectivity index (χ0) is 26.7. The standard InChI is InChI=1S/C28H27F2N9/c1-16-13-31-28(33-26-20-7-5-9-22(20)36-37(26)2)32-25(16)18-10-23-27-35-34-24(11-17-6-3-4-8-21(17)30)39(27)19(12-29)15-38(23)14-18/h3-4,6,8,10,13-14,19H,5,7,9,11-12,15H2,1-2H3,(H,31,32,33)/t19-/m0/s1. The summed E-state index contributed by atoms with van der Waals surface area (Å²) >= 11 is 0. The van der Waals surface area contributed by atoms with E-state index in [4.69, 9.17) is 4.98 Å². The molecule has 0 bridgehead atoms. The van der Waals surface area contributed by atoms with Gasteiger partial charge in [0.1, 0.15) is 24.1 Å². The third-order valence-electron chi connectivity index (χ3n) is 7.69. The maximum absolute atomic E-state index is 14.3. The minimum atomic E-state index is -0.585. The van der Waals surface area contributed by atoms with Gasteiger partial charge in [-0.15, -0.1) is 10.2 Å². The number of aryl methyl sites for hydroxylation is 3. The number of anilines is 2. The highest BCUT2D eigenvalue weighted by Crippen LogP contribution is 2.36. The number of hydrogen-bond acceptors (Lipinski definition) is 6. The number of aromatic nitrogens is 8. The molecule has 0 unspecified atom stereocenters. The highest BCUT2D eigenvalue weighted by atomic mass is 19.1. The second-order valence-electron chi connectivity index (χ2n) is 10.3. The molecular formula is C28H27F2N9. The molecule has 5 aromatic rings. The monoisotopic (exact) mass is 527 g/mol. The highest BCUT2D eigenvalue weighted by molar-refractivity contribution is 5.71. The van der Waals surface area contributed by atoms with Crippen molar-refractivity contribution in [2.75, 3.05) is 12.0 Å². The lowest BCUT2D eigenvalue weighted by atomic mass is 10.1. The number of halogens is 2. The number of nitrogens with one attached hydrogen (secondary N) is 1. The SMILES string of the molecule is Cc1cnc(Nc2c3c(nn2C)CCC3)nc1-c1cc2n(c1)C[C@H](CF)n1c(Cc3ccccc3F)nnc1-2. The van der Waals surface area contributed by atoms with Crippen molar-refractivity contribution in [1.82, 2.24) is 39.1 Å². The van der Waals surface area contributed by atoms with Gasteiger partial charge in [0, 0.05) is 43.5 Å². The van der Waals surface area contributed by atoms with Gasteiger partial charge in [0.25, 0.3) is 0 Å². The van der Waals surface area contributed by atoms with Crippen LogP contribution in [0.5, 0.6) is 0 Å². The van der Waals surface area contributed by atoms with Crippen LogP contribution in [0.25, 0.3) is 22.8 Å². The predicted octanol–water partition coefficient (Wildman–Crippen LogP) is 4.73.